The molecular formula is C10H6O4S. The van der Waals surface area contributed by atoms with Crippen LogP contribution in [0.15, 0.2) is 39.8 Å². The molecule has 0 atom stereocenters. The molecule has 1 aromatic carbocycles. The van der Waals surface area contributed by atoms with Gasteiger partial charge in [0.2, 0.25) is 5.43 Å². The van der Waals surface area contributed by atoms with Gasteiger partial charge in [-0.1, -0.05) is 0 Å². The second-order valence-electron chi connectivity index (χ2n) is 2.93. The molecular weight excluding hydrogens is 216 g/mol. The van der Waals surface area contributed by atoms with Gasteiger partial charge >= 0.3 is 0 Å². The lowest BCUT2D eigenvalue weighted by molar-refractivity contribution is 0.398. The molecule has 0 aromatic heterocycles. The van der Waals surface area contributed by atoms with Crippen LogP contribution in [0.1, 0.15) is 5.56 Å². The Balaban J connectivity index is 2.54. The van der Waals surface area contributed by atoms with E-state index in [1.165, 1.54) is 12.5 Å². The highest BCUT2D eigenvalue weighted by atomic mass is 32.1. The molecule has 4 nitrogen and oxygen atoms in total. The lowest BCUT2D eigenvalue weighted by Crippen LogP contribution is -2.33. The van der Waals surface area contributed by atoms with Crippen LogP contribution in [0.25, 0.3) is 4.91 Å². The van der Waals surface area contributed by atoms with Crippen molar-refractivity contribution < 1.29 is 9.84 Å². The Kier molecular flexibility index (Phi) is 2.24. The maximum Gasteiger partial charge on any atom is 0.268 e. The number of hydrogen-bond donors (Lipinski definition) is 2. The second-order valence-corrected chi connectivity index (χ2v) is 3.37. The van der Waals surface area contributed by atoms with E-state index in [1.54, 1.807) is 12.2 Å². The summed E-state index contributed by atoms with van der Waals surface area (Å²) in [6.07, 6.45) is 5.99. The first-order valence-electron chi connectivity index (χ1n) is 4.07. The summed E-state index contributed by atoms with van der Waals surface area (Å²) in [5, 5.41) is 9.19. The summed E-state index contributed by atoms with van der Waals surface area (Å²) in [5.74, 6) is -0.522. The maximum atomic E-state index is 11.1. The molecule has 1 aliphatic rings. The molecule has 0 fully saturated rings. The largest absolute Gasteiger partial charge is 0.503 e. The maximum absolute atomic E-state index is 11.1. The first-order chi connectivity index (χ1) is 7.13. The molecule has 0 bridgehead atoms. The zero-order valence-electron chi connectivity index (χ0n) is 7.43. The molecule has 0 unspecified atom stereocenters. The van der Waals surface area contributed by atoms with E-state index < -0.39 is 16.6 Å². The van der Waals surface area contributed by atoms with Gasteiger partial charge in [-0.2, -0.15) is 0 Å². The van der Waals surface area contributed by atoms with Crippen molar-refractivity contribution in [2.75, 3.05) is 0 Å². The van der Waals surface area contributed by atoms with Gasteiger partial charge in [0.15, 0.2) is 5.75 Å². The quantitative estimate of drug-likeness (QED) is 0.542. The van der Waals surface area contributed by atoms with Crippen molar-refractivity contribution in [1.29, 1.82) is 0 Å². The molecule has 76 valence electrons. The number of allylic oxidation sites excluding steroid dienone is 3. The molecule has 1 aliphatic heterocycles. The van der Waals surface area contributed by atoms with Crippen molar-refractivity contribution >= 4 is 17.5 Å². The fourth-order valence-corrected chi connectivity index (χ4v) is 1.58. The summed E-state index contributed by atoms with van der Waals surface area (Å²) in [7, 11) is 0. The van der Waals surface area contributed by atoms with Crippen LogP contribution < -0.4 is 10.9 Å². The van der Waals surface area contributed by atoms with Crippen LogP contribution in [0.2, 0.25) is 0 Å². The molecule has 1 heterocycles. The normalized spacial score (nSPS) is 14.3. The van der Waals surface area contributed by atoms with Crippen molar-refractivity contribution in [1.82, 2.24) is 0 Å². The van der Waals surface area contributed by atoms with Crippen LogP contribution in [-0.4, -0.2) is 5.11 Å². The van der Waals surface area contributed by atoms with E-state index in [9.17, 15) is 14.7 Å². The summed E-state index contributed by atoms with van der Waals surface area (Å²) in [6, 6.07) is 0. The average Bonchev–Trinajstić information content (AvgIpc) is 2.30. The van der Waals surface area contributed by atoms with Crippen LogP contribution in [0.5, 0.6) is 5.75 Å². The Bertz CT molecular complexity index is 556. The molecule has 0 aliphatic carbocycles. The molecule has 2 rings (SSSR count). The molecule has 0 spiro atoms. The molecule has 5 heteroatoms. The third-order valence-corrected chi connectivity index (χ3v) is 2.53. The predicted octanol–water partition coefficient (Wildman–Crippen LogP) is 0.687. The Morgan fingerprint density at radius 2 is 1.80 bits per heavy atom. The lowest BCUT2D eigenvalue weighted by Gasteiger charge is -2.09. The van der Waals surface area contributed by atoms with Gasteiger partial charge in [0.25, 0.3) is 5.43 Å². The Labute approximate surface area is 89.9 Å². The van der Waals surface area contributed by atoms with Crippen LogP contribution in [0.4, 0.5) is 0 Å². The number of rotatable bonds is 1. The van der Waals surface area contributed by atoms with E-state index in [-0.39, 0.29) is 10.5 Å². The Morgan fingerprint density at radius 3 is 2.33 bits per heavy atom. The van der Waals surface area contributed by atoms with Crippen molar-refractivity contribution in [3.05, 3.63) is 56.3 Å². The standard InChI is InChI=1S/C10H6O4S/c11-7-6(8(12)9(7)13)10(15)5-1-3-14-4-2-5/h1-4,11,15H. The van der Waals surface area contributed by atoms with Crippen molar-refractivity contribution in [2.24, 2.45) is 0 Å². The number of ether oxygens (including phenoxy) is 1. The van der Waals surface area contributed by atoms with Gasteiger partial charge in [-0.3, -0.25) is 9.59 Å². The number of aromatic hydroxyl groups is 1. The minimum Gasteiger partial charge on any atom is -0.503 e. The molecule has 15 heavy (non-hydrogen) atoms. The van der Waals surface area contributed by atoms with E-state index in [2.05, 4.69) is 12.6 Å². The molecule has 0 saturated carbocycles. The zero-order valence-corrected chi connectivity index (χ0v) is 8.32. The van der Waals surface area contributed by atoms with Gasteiger partial charge in [0.05, 0.1) is 18.1 Å². The Morgan fingerprint density at radius 1 is 1.20 bits per heavy atom. The first kappa shape index (κ1) is 9.79. The van der Waals surface area contributed by atoms with E-state index in [1.807, 2.05) is 0 Å². The van der Waals surface area contributed by atoms with E-state index in [0.29, 0.717) is 5.57 Å². The molecule has 0 saturated heterocycles. The van der Waals surface area contributed by atoms with Gasteiger partial charge < -0.3 is 9.84 Å². The lowest BCUT2D eigenvalue weighted by atomic mass is 10.0. The highest BCUT2D eigenvalue weighted by Crippen LogP contribution is 2.28. The van der Waals surface area contributed by atoms with Crippen LogP contribution in [0.3, 0.4) is 0 Å². The zero-order chi connectivity index (χ0) is 11.0. The third-order valence-electron chi connectivity index (χ3n) is 2.05. The predicted molar refractivity (Wildman–Crippen MR) is 58.3 cm³/mol. The monoisotopic (exact) mass is 222 g/mol. The fraction of sp³-hybridized carbons (Fsp3) is 0. The topological polar surface area (TPSA) is 63.6 Å². The van der Waals surface area contributed by atoms with Crippen molar-refractivity contribution in [2.45, 2.75) is 0 Å². The van der Waals surface area contributed by atoms with Gasteiger partial charge in [-0.15, -0.1) is 12.6 Å². The first-order valence-corrected chi connectivity index (χ1v) is 4.52. The minimum absolute atomic E-state index is 0.0328. The molecule has 0 radical (unpaired) electrons. The highest BCUT2D eigenvalue weighted by Gasteiger charge is 2.23. The van der Waals surface area contributed by atoms with Crippen LogP contribution in [-0.2, 0) is 4.74 Å². The van der Waals surface area contributed by atoms with Gasteiger partial charge in [-0.25, -0.2) is 0 Å². The van der Waals surface area contributed by atoms with E-state index >= 15 is 0 Å². The number of hydrogen-bond acceptors (Lipinski definition) is 5. The highest BCUT2D eigenvalue weighted by molar-refractivity contribution is 7.90. The summed E-state index contributed by atoms with van der Waals surface area (Å²) in [6.45, 7) is 0. The van der Waals surface area contributed by atoms with Crippen molar-refractivity contribution in [3.63, 3.8) is 0 Å². The minimum atomic E-state index is -0.864. The average molecular weight is 222 g/mol. The van der Waals surface area contributed by atoms with Crippen LogP contribution in [0, 0.1) is 0 Å². The van der Waals surface area contributed by atoms with E-state index in [4.69, 9.17) is 4.74 Å². The van der Waals surface area contributed by atoms with Gasteiger partial charge in [0, 0.05) is 4.91 Å². The van der Waals surface area contributed by atoms with Crippen molar-refractivity contribution in [3.8, 4) is 5.75 Å². The summed E-state index contributed by atoms with van der Waals surface area (Å²) >= 11 is 4.09. The molecule has 0 amide bonds. The third kappa shape index (κ3) is 1.41. The summed E-state index contributed by atoms with van der Waals surface area (Å²) in [4.78, 5) is 22.2. The molecule has 1 aromatic rings. The Hall–Kier alpha value is -1.75. The summed E-state index contributed by atoms with van der Waals surface area (Å²) < 4.78 is 4.80. The SMILES string of the molecule is O=c1c(O)c(C(S)=C2C=COC=C2)c1=O. The van der Waals surface area contributed by atoms with Gasteiger partial charge in [-0.05, 0) is 17.7 Å². The number of thiol groups is 1. The summed E-state index contributed by atoms with van der Waals surface area (Å²) in [5.41, 5.74) is -1.00. The smallest absolute Gasteiger partial charge is 0.268 e. The fourth-order valence-electron chi connectivity index (χ4n) is 1.23. The van der Waals surface area contributed by atoms with Gasteiger partial charge in [0.1, 0.15) is 0 Å². The van der Waals surface area contributed by atoms with E-state index in [0.717, 1.165) is 0 Å². The molecule has 1 N–H and O–H groups in total. The second kappa shape index (κ2) is 3.43. The van der Waals surface area contributed by atoms with Crippen LogP contribution >= 0.6 is 12.6 Å².